The maximum Gasteiger partial charge on any atom is 0.257 e. The molecule has 1 aliphatic rings. The number of amides is 1. The molecule has 7 nitrogen and oxygen atoms in total. The van der Waals surface area contributed by atoms with Crippen molar-refractivity contribution in [2.75, 3.05) is 18.4 Å². The number of alkyl halides is 2. The number of nitrogens with zero attached hydrogens (tertiary/aromatic N) is 4. The number of likely N-dealkylation sites (tertiary alicyclic amines) is 1. The molecule has 0 saturated carbocycles. The van der Waals surface area contributed by atoms with E-state index >= 15 is 0 Å². The van der Waals surface area contributed by atoms with Gasteiger partial charge >= 0.3 is 0 Å². The van der Waals surface area contributed by atoms with Gasteiger partial charge in [0.2, 0.25) is 5.91 Å². The molecule has 3 aromatic rings. The minimum Gasteiger partial charge on any atom is -0.619 e. The molecular weight excluding hydrogens is 466 g/mol. The number of rotatable bonds is 6. The number of aromatic nitrogens is 3. The van der Waals surface area contributed by atoms with Crippen molar-refractivity contribution in [2.24, 2.45) is 0 Å². The quantitative estimate of drug-likeness (QED) is 0.325. The molecule has 4 rings (SSSR count). The highest BCUT2D eigenvalue weighted by atomic mass is 19.3. The minimum atomic E-state index is -2.96. The number of hydrogen-bond acceptors (Lipinski definition) is 4. The van der Waals surface area contributed by atoms with Crippen molar-refractivity contribution in [1.29, 1.82) is 0 Å². The van der Waals surface area contributed by atoms with E-state index in [0.717, 1.165) is 6.07 Å². The number of aryl methyl sites for hydroxylation is 1. The predicted octanol–water partition coefficient (Wildman–Crippen LogP) is 3.60. The van der Waals surface area contributed by atoms with Gasteiger partial charge in [0, 0.05) is 50.5 Å². The third-order valence-corrected chi connectivity index (χ3v) is 6.32. The number of imidazole rings is 1. The molecule has 0 spiro atoms. The van der Waals surface area contributed by atoms with E-state index in [2.05, 4.69) is 10.3 Å². The van der Waals surface area contributed by atoms with Gasteiger partial charge in [-0.3, -0.25) is 9.69 Å². The molecule has 0 bridgehead atoms. The van der Waals surface area contributed by atoms with Crippen molar-refractivity contribution in [3.8, 4) is 0 Å². The summed E-state index contributed by atoms with van der Waals surface area (Å²) in [5, 5.41) is 14.0. The van der Waals surface area contributed by atoms with Crippen LogP contribution in [0.3, 0.4) is 0 Å². The van der Waals surface area contributed by atoms with Crippen LogP contribution in [0.2, 0.25) is 0 Å². The highest BCUT2D eigenvalue weighted by Gasteiger charge is 2.46. The Hall–Kier alpha value is -3.47. The predicted molar refractivity (Wildman–Crippen MR) is 120 cm³/mol. The number of nitrogens with one attached hydrogen (secondary N) is 1. The number of hydrogen-bond donors (Lipinski definition) is 1. The van der Waals surface area contributed by atoms with Crippen LogP contribution in [-0.2, 0) is 11.3 Å². The van der Waals surface area contributed by atoms with Crippen LogP contribution < -0.4 is 10.0 Å². The first-order chi connectivity index (χ1) is 16.5. The average Bonchev–Trinajstić information content (AvgIpc) is 3.11. The average molecular weight is 491 g/mol. The van der Waals surface area contributed by atoms with Crippen molar-refractivity contribution < 1.29 is 27.1 Å². The molecule has 1 aromatic carbocycles. The highest BCUT2D eigenvalue weighted by Crippen LogP contribution is 2.40. The fourth-order valence-corrected chi connectivity index (χ4v) is 4.31. The van der Waals surface area contributed by atoms with E-state index in [1.165, 1.54) is 36.7 Å². The van der Waals surface area contributed by atoms with Gasteiger partial charge in [0.25, 0.3) is 5.92 Å². The van der Waals surface area contributed by atoms with E-state index in [1.807, 2.05) is 0 Å². The Morgan fingerprint density at radius 2 is 1.91 bits per heavy atom. The smallest absolute Gasteiger partial charge is 0.257 e. The highest BCUT2D eigenvalue weighted by molar-refractivity contribution is 5.93. The summed E-state index contributed by atoms with van der Waals surface area (Å²) < 4.78 is 58.4. The summed E-state index contributed by atoms with van der Waals surface area (Å²) in [4.78, 5) is 18.9. The molecular formula is C24H25F4N5O2. The summed E-state index contributed by atoms with van der Waals surface area (Å²) in [7, 11) is 0. The number of pyridine rings is 1. The molecule has 0 unspecified atom stereocenters. The first-order valence-electron chi connectivity index (χ1n) is 11.1. The molecule has 1 saturated heterocycles. The first-order valence-corrected chi connectivity index (χ1v) is 11.1. The second kappa shape index (κ2) is 9.65. The zero-order chi connectivity index (χ0) is 25.3. The van der Waals surface area contributed by atoms with Gasteiger partial charge in [-0.1, -0.05) is 0 Å². The maximum atomic E-state index is 14.6. The molecule has 186 valence electrons. The Balaban J connectivity index is 1.43. The number of carbonyl (C=O) groups is 1. The summed E-state index contributed by atoms with van der Waals surface area (Å²) >= 11 is 0. The molecule has 2 atom stereocenters. The van der Waals surface area contributed by atoms with E-state index in [4.69, 9.17) is 0 Å². The molecule has 2 aromatic heterocycles. The summed E-state index contributed by atoms with van der Waals surface area (Å²) in [6.07, 6.45) is 3.49. The van der Waals surface area contributed by atoms with Crippen molar-refractivity contribution in [1.82, 2.24) is 14.5 Å². The van der Waals surface area contributed by atoms with Gasteiger partial charge < -0.3 is 15.1 Å². The van der Waals surface area contributed by atoms with Crippen LogP contribution in [0.15, 0.2) is 48.9 Å². The van der Waals surface area contributed by atoms with Crippen molar-refractivity contribution >= 4 is 11.7 Å². The van der Waals surface area contributed by atoms with Crippen LogP contribution in [0, 0.1) is 23.8 Å². The van der Waals surface area contributed by atoms with Crippen LogP contribution in [0.4, 0.5) is 23.4 Å². The lowest BCUT2D eigenvalue weighted by Crippen LogP contribution is -2.52. The molecule has 3 heterocycles. The summed E-state index contributed by atoms with van der Waals surface area (Å²) in [6.45, 7) is 3.46. The third-order valence-electron chi connectivity index (χ3n) is 6.32. The molecule has 11 heteroatoms. The fraction of sp³-hybridized carbons (Fsp3) is 0.375. The van der Waals surface area contributed by atoms with Gasteiger partial charge in [0.1, 0.15) is 17.5 Å². The lowest BCUT2D eigenvalue weighted by atomic mass is 9.87. The van der Waals surface area contributed by atoms with Crippen LogP contribution in [-0.4, -0.2) is 45.4 Å². The van der Waals surface area contributed by atoms with Gasteiger partial charge in [-0.2, -0.15) is 4.73 Å². The van der Waals surface area contributed by atoms with Crippen molar-refractivity contribution in [3.05, 3.63) is 82.7 Å². The van der Waals surface area contributed by atoms with Crippen LogP contribution in [0.25, 0.3) is 0 Å². The number of benzene rings is 1. The Morgan fingerprint density at radius 1 is 1.26 bits per heavy atom. The number of halogens is 4. The summed E-state index contributed by atoms with van der Waals surface area (Å²) in [5.74, 6) is -5.13. The minimum absolute atomic E-state index is 0.0328. The zero-order valence-corrected chi connectivity index (χ0v) is 19.2. The van der Waals surface area contributed by atoms with Gasteiger partial charge in [-0.25, -0.2) is 22.5 Å². The maximum absolute atomic E-state index is 14.6. The SMILES string of the molecule is Cc1nc(NC(=O)[C@H](C)N2CCC(F)(F)[C@@H](c3cc[n+]([O-])cc3)C2)cn1Cc1cc(F)cc(F)c1. The second-order valence-corrected chi connectivity index (χ2v) is 8.79. The zero-order valence-electron chi connectivity index (χ0n) is 19.2. The van der Waals surface area contributed by atoms with E-state index in [9.17, 15) is 27.6 Å². The normalized spacial score (nSPS) is 18.9. The first kappa shape index (κ1) is 24.6. The molecule has 1 fully saturated rings. The lowest BCUT2D eigenvalue weighted by molar-refractivity contribution is -0.605. The molecule has 35 heavy (non-hydrogen) atoms. The largest absolute Gasteiger partial charge is 0.619 e. The van der Waals surface area contributed by atoms with Crippen molar-refractivity contribution in [2.45, 2.75) is 44.7 Å². The van der Waals surface area contributed by atoms with E-state index in [-0.39, 0.29) is 25.5 Å². The lowest BCUT2D eigenvalue weighted by Gasteiger charge is -2.40. The summed E-state index contributed by atoms with van der Waals surface area (Å²) in [6, 6.07) is 5.25. The molecule has 1 amide bonds. The third kappa shape index (κ3) is 5.61. The van der Waals surface area contributed by atoms with Crippen molar-refractivity contribution in [3.63, 3.8) is 0 Å². The second-order valence-electron chi connectivity index (χ2n) is 8.79. The van der Waals surface area contributed by atoms with Crippen LogP contribution in [0.1, 0.15) is 36.2 Å². The van der Waals surface area contributed by atoms with Gasteiger partial charge in [0.15, 0.2) is 18.2 Å². The topological polar surface area (TPSA) is 77.1 Å². The van der Waals surface area contributed by atoms with Gasteiger partial charge in [-0.05, 0) is 37.1 Å². The number of anilines is 1. The van der Waals surface area contributed by atoms with Crippen LogP contribution >= 0.6 is 0 Å². The molecule has 1 aliphatic heterocycles. The van der Waals surface area contributed by atoms with Crippen LogP contribution in [0.5, 0.6) is 0 Å². The standard InChI is InChI=1S/C24H25F4N5O2/c1-15(31-8-5-24(27,28)21(13-31)18-3-6-33(35)7-4-18)23(34)30-22-14-32(16(2)29-22)12-17-9-19(25)11-20(26)10-17/h3-4,6-7,9-11,14-15,21H,5,8,12-13H2,1-2H3,(H,30,34)/t15-,21+/m0/s1. The Kier molecular flexibility index (Phi) is 6.79. The van der Waals surface area contributed by atoms with Gasteiger partial charge in [-0.15, -0.1) is 0 Å². The number of carbonyl (C=O) groups excluding carboxylic acids is 1. The molecule has 0 aliphatic carbocycles. The van der Waals surface area contributed by atoms with E-state index < -0.39 is 41.8 Å². The fourth-order valence-electron chi connectivity index (χ4n) is 4.31. The Morgan fingerprint density at radius 3 is 2.57 bits per heavy atom. The Bertz CT molecular complexity index is 1190. The monoisotopic (exact) mass is 491 g/mol. The van der Waals surface area contributed by atoms with E-state index in [0.29, 0.717) is 21.7 Å². The molecule has 1 N–H and O–H groups in total. The van der Waals surface area contributed by atoms with E-state index in [1.54, 1.807) is 29.5 Å². The number of piperidine rings is 1. The Labute approximate surface area is 199 Å². The molecule has 0 radical (unpaired) electrons. The van der Waals surface area contributed by atoms with Gasteiger partial charge in [0.05, 0.1) is 12.0 Å². The summed E-state index contributed by atoms with van der Waals surface area (Å²) in [5.41, 5.74) is 0.737.